The van der Waals surface area contributed by atoms with Crippen molar-refractivity contribution in [3.63, 3.8) is 0 Å². The number of nitrogens with one attached hydrogen (secondary N) is 1. The molecule has 1 aromatic rings. The third-order valence-electron chi connectivity index (χ3n) is 3.24. The van der Waals surface area contributed by atoms with Gasteiger partial charge in [0.1, 0.15) is 0 Å². The van der Waals surface area contributed by atoms with Crippen LogP contribution in [0.1, 0.15) is 36.8 Å². The molecule has 1 rings (SSSR count). The molecule has 0 unspecified atom stereocenters. The number of aliphatic imine (C=N–C) groups is 1. The Bertz CT molecular complexity index is 597. The van der Waals surface area contributed by atoms with Gasteiger partial charge in [0.25, 0.3) is 5.69 Å². The molecule has 124 valence electrons. The summed E-state index contributed by atoms with van der Waals surface area (Å²) in [6.45, 7) is 0.212. The number of hydrogen-bond donors (Lipinski definition) is 2. The molecule has 1 amide bonds. The minimum Gasteiger partial charge on any atom is -0.391 e. The van der Waals surface area contributed by atoms with E-state index in [1.165, 1.54) is 18.2 Å². The van der Waals surface area contributed by atoms with Crippen molar-refractivity contribution in [3.05, 3.63) is 39.4 Å². The number of carbonyl (C=O) groups excluding carboxylic acids is 2. The zero-order valence-corrected chi connectivity index (χ0v) is 12.7. The topological polar surface area (TPSA) is 122 Å². The molecule has 23 heavy (non-hydrogen) atoms. The van der Waals surface area contributed by atoms with Crippen LogP contribution in [0.3, 0.4) is 0 Å². The van der Waals surface area contributed by atoms with Crippen LogP contribution in [-0.2, 0) is 22.7 Å². The number of isocyanates is 1. The number of aliphatic hydroxyl groups excluding tert-OH is 1. The molecule has 0 radical (unpaired) electrons. The summed E-state index contributed by atoms with van der Waals surface area (Å²) in [6.07, 6.45) is 4.01. The van der Waals surface area contributed by atoms with E-state index in [1.54, 1.807) is 6.07 Å². The van der Waals surface area contributed by atoms with Gasteiger partial charge >= 0.3 is 0 Å². The van der Waals surface area contributed by atoms with Gasteiger partial charge in [-0.2, -0.15) is 0 Å². The van der Waals surface area contributed by atoms with Crippen molar-refractivity contribution in [1.29, 1.82) is 0 Å². The van der Waals surface area contributed by atoms with Crippen LogP contribution in [0.5, 0.6) is 0 Å². The van der Waals surface area contributed by atoms with Crippen molar-refractivity contribution in [2.24, 2.45) is 4.99 Å². The summed E-state index contributed by atoms with van der Waals surface area (Å²) < 4.78 is 0. The number of nitro benzene ring substituents is 1. The first-order chi connectivity index (χ1) is 11.1. The number of unbranched alkanes of at least 4 members (excludes halogenated alkanes) is 2. The molecule has 0 aromatic heterocycles. The van der Waals surface area contributed by atoms with Crippen LogP contribution in [0.15, 0.2) is 23.2 Å². The van der Waals surface area contributed by atoms with E-state index in [2.05, 4.69) is 10.3 Å². The number of amides is 1. The second-order valence-electron chi connectivity index (χ2n) is 4.94. The van der Waals surface area contributed by atoms with Crippen molar-refractivity contribution in [1.82, 2.24) is 5.32 Å². The molecule has 0 aliphatic carbocycles. The lowest BCUT2D eigenvalue weighted by Crippen LogP contribution is -2.22. The highest BCUT2D eigenvalue weighted by molar-refractivity contribution is 5.75. The highest BCUT2D eigenvalue weighted by Gasteiger charge is 2.13. The van der Waals surface area contributed by atoms with Gasteiger partial charge in [-0.05, 0) is 24.5 Å². The van der Waals surface area contributed by atoms with Crippen LogP contribution in [0.2, 0.25) is 0 Å². The minimum absolute atomic E-state index is 0.141. The number of rotatable bonds is 10. The first kappa shape index (κ1) is 18.5. The second-order valence-corrected chi connectivity index (χ2v) is 4.94. The fourth-order valence-corrected chi connectivity index (χ4v) is 2.01. The molecule has 1 aromatic carbocycles. The molecule has 0 saturated carbocycles. The van der Waals surface area contributed by atoms with Gasteiger partial charge in [-0.3, -0.25) is 14.9 Å². The van der Waals surface area contributed by atoms with Crippen LogP contribution in [-0.4, -0.2) is 28.6 Å². The summed E-state index contributed by atoms with van der Waals surface area (Å²) in [7, 11) is 0. The van der Waals surface area contributed by atoms with Gasteiger partial charge in [0.2, 0.25) is 12.0 Å². The van der Waals surface area contributed by atoms with Crippen molar-refractivity contribution >= 4 is 17.7 Å². The van der Waals surface area contributed by atoms with Crippen molar-refractivity contribution < 1.29 is 19.6 Å². The number of nitro groups is 1. The number of nitrogens with zero attached hydrogens (tertiary/aromatic N) is 2. The normalized spacial score (nSPS) is 9.96. The standard InChI is InChI=1S/C15H19N3O5/c19-10-13-6-5-12(8-14(13)18(22)23)9-17-15(21)4-2-1-3-7-16-11-20/h5-6,8,19H,1-4,7,9-10H2,(H,17,21). The zero-order valence-electron chi connectivity index (χ0n) is 12.7. The van der Waals surface area contributed by atoms with E-state index in [-0.39, 0.29) is 23.7 Å². The fraction of sp³-hybridized carbons (Fsp3) is 0.467. The third kappa shape index (κ3) is 6.82. The smallest absolute Gasteiger partial charge is 0.275 e. The fourth-order valence-electron chi connectivity index (χ4n) is 2.01. The Morgan fingerprint density at radius 3 is 2.78 bits per heavy atom. The highest BCUT2D eigenvalue weighted by atomic mass is 16.6. The summed E-state index contributed by atoms with van der Waals surface area (Å²) in [4.78, 5) is 35.3. The molecule has 0 saturated heterocycles. The van der Waals surface area contributed by atoms with E-state index >= 15 is 0 Å². The van der Waals surface area contributed by atoms with E-state index in [0.717, 1.165) is 12.8 Å². The Morgan fingerprint density at radius 1 is 1.35 bits per heavy atom. The summed E-state index contributed by atoms with van der Waals surface area (Å²) in [5.74, 6) is -0.141. The number of aliphatic hydroxyl groups is 1. The summed E-state index contributed by atoms with van der Waals surface area (Å²) in [5.41, 5.74) is 0.681. The van der Waals surface area contributed by atoms with Gasteiger partial charge in [0.15, 0.2) is 0 Å². The number of benzene rings is 1. The lowest BCUT2D eigenvalue weighted by molar-refractivity contribution is -0.385. The van der Waals surface area contributed by atoms with E-state index in [0.29, 0.717) is 24.9 Å². The maximum absolute atomic E-state index is 11.7. The largest absolute Gasteiger partial charge is 0.391 e. The Kier molecular flexibility index (Phi) is 8.20. The second kappa shape index (κ2) is 10.2. The van der Waals surface area contributed by atoms with Crippen LogP contribution < -0.4 is 5.32 Å². The quantitative estimate of drug-likeness (QED) is 0.223. The Balaban J connectivity index is 2.39. The molecule has 0 aliphatic heterocycles. The van der Waals surface area contributed by atoms with E-state index in [9.17, 15) is 19.7 Å². The van der Waals surface area contributed by atoms with Gasteiger partial charge in [-0.1, -0.05) is 12.5 Å². The van der Waals surface area contributed by atoms with Crippen LogP contribution in [0.25, 0.3) is 0 Å². The van der Waals surface area contributed by atoms with E-state index < -0.39 is 11.5 Å². The van der Waals surface area contributed by atoms with Gasteiger partial charge in [0.05, 0.1) is 23.6 Å². The summed E-state index contributed by atoms with van der Waals surface area (Å²) in [6, 6.07) is 4.46. The molecule has 8 nitrogen and oxygen atoms in total. The molecule has 0 fully saturated rings. The molecule has 8 heteroatoms. The van der Waals surface area contributed by atoms with Gasteiger partial charge in [-0.15, -0.1) is 0 Å². The number of carbonyl (C=O) groups is 1. The number of hydrogen-bond acceptors (Lipinski definition) is 6. The molecular weight excluding hydrogens is 302 g/mol. The molecule has 0 heterocycles. The monoisotopic (exact) mass is 321 g/mol. The molecule has 0 spiro atoms. The lowest BCUT2D eigenvalue weighted by Gasteiger charge is -2.07. The van der Waals surface area contributed by atoms with Crippen LogP contribution in [0.4, 0.5) is 5.69 Å². The van der Waals surface area contributed by atoms with Gasteiger partial charge in [0, 0.05) is 19.0 Å². The average Bonchev–Trinajstić information content (AvgIpc) is 2.55. The average molecular weight is 321 g/mol. The highest BCUT2D eigenvalue weighted by Crippen LogP contribution is 2.20. The maximum Gasteiger partial charge on any atom is 0.275 e. The third-order valence-corrected chi connectivity index (χ3v) is 3.24. The van der Waals surface area contributed by atoms with Crippen molar-refractivity contribution in [2.45, 2.75) is 38.8 Å². The molecule has 0 atom stereocenters. The van der Waals surface area contributed by atoms with E-state index in [1.807, 2.05) is 0 Å². The van der Waals surface area contributed by atoms with E-state index in [4.69, 9.17) is 5.11 Å². The van der Waals surface area contributed by atoms with Crippen molar-refractivity contribution in [2.75, 3.05) is 6.54 Å². The maximum atomic E-state index is 11.7. The lowest BCUT2D eigenvalue weighted by atomic mass is 10.1. The minimum atomic E-state index is -0.557. The zero-order chi connectivity index (χ0) is 17.1. The summed E-state index contributed by atoms with van der Waals surface area (Å²) in [5, 5.41) is 22.6. The first-order valence-electron chi connectivity index (χ1n) is 7.26. The summed E-state index contributed by atoms with van der Waals surface area (Å²) >= 11 is 0. The first-order valence-corrected chi connectivity index (χ1v) is 7.26. The van der Waals surface area contributed by atoms with Gasteiger partial charge < -0.3 is 10.4 Å². The Labute approximate surface area is 133 Å². The van der Waals surface area contributed by atoms with Crippen LogP contribution in [0, 0.1) is 10.1 Å². The predicted octanol–water partition coefficient (Wildman–Crippen LogP) is 1.60. The molecular formula is C15H19N3O5. The Morgan fingerprint density at radius 2 is 2.13 bits per heavy atom. The Hall–Kier alpha value is -2.57. The predicted molar refractivity (Wildman–Crippen MR) is 82.3 cm³/mol. The molecule has 0 aliphatic rings. The van der Waals surface area contributed by atoms with Crippen molar-refractivity contribution in [3.8, 4) is 0 Å². The van der Waals surface area contributed by atoms with Crippen LogP contribution >= 0.6 is 0 Å². The molecule has 0 bridgehead atoms. The SMILES string of the molecule is O=C=NCCCCCC(=O)NCc1ccc(CO)c([N+](=O)[O-])c1. The molecule has 2 N–H and O–H groups in total. The van der Waals surface area contributed by atoms with Gasteiger partial charge in [-0.25, -0.2) is 9.79 Å².